The summed E-state index contributed by atoms with van der Waals surface area (Å²) < 4.78 is 31.4. The van der Waals surface area contributed by atoms with Crippen LogP contribution < -0.4 is 9.80 Å². The van der Waals surface area contributed by atoms with Crippen LogP contribution >= 0.6 is 0 Å². The first-order valence-corrected chi connectivity index (χ1v) is 11.1. The minimum Gasteiger partial charge on any atom is -0.378 e. The van der Waals surface area contributed by atoms with Crippen LogP contribution in [0.3, 0.4) is 0 Å². The molecule has 0 unspecified atom stereocenters. The molecule has 2 aliphatic rings. The summed E-state index contributed by atoms with van der Waals surface area (Å²) in [5, 5.41) is 8.39. The molecule has 27 heavy (non-hydrogen) atoms. The Morgan fingerprint density at radius 1 is 1.11 bits per heavy atom. The van der Waals surface area contributed by atoms with Crippen molar-refractivity contribution in [1.29, 1.82) is 0 Å². The molecule has 0 amide bonds. The van der Waals surface area contributed by atoms with Crippen molar-refractivity contribution < 1.29 is 13.2 Å². The summed E-state index contributed by atoms with van der Waals surface area (Å²) in [6, 6.07) is 4.34. The third-order valence-electron chi connectivity index (χ3n) is 5.46. The number of hydrogen-bond donors (Lipinski definition) is 1. The van der Waals surface area contributed by atoms with Crippen LogP contribution in [0.4, 0.5) is 11.4 Å². The predicted octanol–water partition coefficient (Wildman–Crippen LogP) is 1.26. The van der Waals surface area contributed by atoms with Gasteiger partial charge in [0.15, 0.2) is 0 Å². The van der Waals surface area contributed by atoms with Gasteiger partial charge in [-0.15, -0.1) is 0 Å². The number of morpholine rings is 1. The van der Waals surface area contributed by atoms with Crippen molar-refractivity contribution in [3.8, 4) is 0 Å². The van der Waals surface area contributed by atoms with Crippen LogP contribution in [0.2, 0.25) is 0 Å². The fourth-order valence-corrected chi connectivity index (χ4v) is 5.61. The summed E-state index contributed by atoms with van der Waals surface area (Å²) in [5.41, 5.74) is 2.77. The smallest absolute Gasteiger partial charge is 0.211 e. The SMILES string of the molecule is CC1(C)CN(c2cc(N3CCOCC3)cc3[nH]ncc23)CCN1S(C)(=O)=O. The zero-order valence-electron chi connectivity index (χ0n) is 16.1. The van der Waals surface area contributed by atoms with Crippen molar-refractivity contribution in [1.82, 2.24) is 14.5 Å². The summed E-state index contributed by atoms with van der Waals surface area (Å²) in [4.78, 5) is 4.61. The number of anilines is 2. The highest BCUT2D eigenvalue weighted by atomic mass is 32.2. The molecule has 1 aromatic heterocycles. The monoisotopic (exact) mass is 393 g/mol. The van der Waals surface area contributed by atoms with E-state index in [0.29, 0.717) is 19.6 Å². The number of piperazine rings is 1. The van der Waals surface area contributed by atoms with E-state index >= 15 is 0 Å². The number of hydrogen-bond acceptors (Lipinski definition) is 6. The molecule has 2 saturated heterocycles. The molecule has 9 heteroatoms. The van der Waals surface area contributed by atoms with E-state index in [1.165, 1.54) is 6.26 Å². The quantitative estimate of drug-likeness (QED) is 0.846. The molecule has 0 saturated carbocycles. The lowest BCUT2D eigenvalue weighted by molar-refractivity contribution is 0.122. The number of fused-ring (bicyclic) bond motifs is 1. The van der Waals surface area contributed by atoms with Crippen LogP contribution in [-0.2, 0) is 14.8 Å². The zero-order valence-corrected chi connectivity index (χ0v) is 16.9. The summed E-state index contributed by atoms with van der Waals surface area (Å²) >= 11 is 0. The number of rotatable bonds is 3. The van der Waals surface area contributed by atoms with E-state index in [1.54, 1.807) is 4.31 Å². The number of benzene rings is 1. The maximum absolute atomic E-state index is 12.2. The molecule has 2 aliphatic heterocycles. The number of H-pyrrole nitrogens is 1. The molecular formula is C18H27N5O3S. The molecule has 2 fully saturated rings. The second kappa shape index (κ2) is 6.65. The van der Waals surface area contributed by atoms with Gasteiger partial charge >= 0.3 is 0 Å². The Hall–Kier alpha value is -1.84. The topological polar surface area (TPSA) is 81.8 Å². The van der Waals surface area contributed by atoms with Gasteiger partial charge in [-0.05, 0) is 26.0 Å². The lowest BCUT2D eigenvalue weighted by Gasteiger charge is -2.46. The second-order valence-electron chi connectivity index (χ2n) is 7.96. The lowest BCUT2D eigenvalue weighted by Crippen LogP contribution is -2.60. The zero-order chi connectivity index (χ0) is 19.2. The minimum atomic E-state index is -3.23. The van der Waals surface area contributed by atoms with Gasteiger partial charge in [-0.3, -0.25) is 5.10 Å². The van der Waals surface area contributed by atoms with E-state index in [0.717, 1.165) is 48.6 Å². The number of sulfonamides is 1. The number of aromatic amines is 1. The van der Waals surface area contributed by atoms with E-state index in [4.69, 9.17) is 4.74 Å². The first-order chi connectivity index (χ1) is 12.8. The van der Waals surface area contributed by atoms with Crippen molar-refractivity contribution in [3.05, 3.63) is 18.3 Å². The highest BCUT2D eigenvalue weighted by Gasteiger charge is 2.39. The van der Waals surface area contributed by atoms with E-state index in [1.807, 2.05) is 20.0 Å². The summed E-state index contributed by atoms with van der Waals surface area (Å²) in [5.74, 6) is 0. The molecule has 2 aromatic rings. The molecule has 0 aliphatic carbocycles. The van der Waals surface area contributed by atoms with Gasteiger partial charge < -0.3 is 14.5 Å². The fourth-order valence-electron chi connectivity index (χ4n) is 4.24. The first-order valence-electron chi connectivity index (χ1n) is 9.28. The molecule has 0 spiro atoms. The van der Waals surface area contributed by atoms with E-state index in [9.17, 15) is 8.42 Å². The van der Waals surface area contributed by atoms with E-state index < -0.39 is 15.6 Å². The van der Waals surface area contributed by atoms with Crippen LogP contribution in [-0.4, -0.2) is 80.7 Å². The Balaban J connectivity index is 1.70. The lowest BCUT2D eigenvalue weighted by atomic mass is 10.0. The van der Waals surface area contributed by atoms with Gasteiger partial charge in [0.05, 0.1) is 31.2 Å². The van der Waals surface area contributed by atoms with Crippen molar-refractivity contribution >= 4 is 32.3 Å². The second-order valence-corrected chi connectivity index (χ2v) is 9.87. The average Bonchev–Trinajstić information content (AvgIpc) is 3.08. The molecule has 8 nitrogen and oxygen atoms in total. The Kier molecular flexibility index (Phi) is 4.56. The number of ether oxygens (including phenoxy) is 1. The van der Waals surface area contributed by atoms with Crippen LogP contribution in [0, 0.1) is 0 Å². The van der Waals surface area contributed by atoms with Crippen molar-refractivity contribution in [2.24, 2.45) is 0 Å². The third-order valence-corrected chi connectivity index (χ3v) is 6.94. The third kappa shape index (κ3) is 3.51. The fraction of sp³-hybridized carbons (Fsp3) is 0.611. The maximum atomic E-state index is 12.2. The van der Waals surface area contributed by atoms with Crippen LogP contribution in [0.5, 0.6) is 0 Å². The van der Waals surface area contributed by atoms with Crippen molar-refractivity contribution in [3.63, 3.8) is 0 Å². The molecular weight excluding hydrogens is 366 g/mol. The highest BCUT2D eigenvalue weighted by Crippen LogP contribution is 2.35. The van der Waals surface area contributed by atoms with Gasteiger partial charge in [0, 0.05) is 55.0 Å². The molecule has 1 N–H and O–H groups in total. The van der Waals surface area contributed by atoms with E-state index in [-0.39, 0.29) is 0 Å². The Labute approximate surface area is 160 Å². The molecule has 3 heterocycles. The summed E-state index contributed by atoms with van der Waals surface area (Å²) in [6.45, 7) is 8.94. The Bertz CT molecular complexity index is 934. The Morgan fingerprint density at radius 3 is 2.52 bits per heavy atom. The normalized spacial score (nSPS) is 21.7. The molecule has 4 rings (SSSR count). The maximum Gasteiger partial charge on any atom is 0.211 e. The molecule has 1 aromatic carbocycles. The van der Waals surface area contributed by atoms with Gasteiger partial charge in [-0.25, -0.2) is 8.42 Å². The van der Waals surface area contributed by atoms with Crippen LogP contribution in [0.25, 0.3) is 10.9 Å². The van der Waals surface area contributed by atoms with Gasteiger partial charge in [-0.1, -0.05) is 0 Å². The molecule has 0 bridgehead atoms. The highest BCUT2D eigenvalue weighted by molar-refractivity contribution is 7.88. The van der Waals surface area contributed by atoms with Crippen molar-refractivity contribution in [2.75, 3.05) is 62.0 Å². The average molecular weight is 394 g/mol. The Morgan fingerprint density at radius 2 is 1.85 bits per heavy atom. The van der Waals surface area contributed by atoms with Gasteiger partial charge in [-0.2, -0.15) is 9.40 Å². The number of nitrogens with zero attached hydrogens (tertiary/aromatic N) is 4. The molecule has 0 atom stereocenters. The predicted molar refractivity (Wildman–Crippen MR) is 107 cm³/mol. The van der Waals surface area contributed by atoms with Gasteiger partial charge in [0.2, 0.25) is 10.0 Å². The van der Waals surface area contributed by atoms with Crippen LogP contribution in [0.15, 0.2) is 18.3 Å². The minimum absolute atomic E-state index is 0.475. The standard InChI is InChI=1S/C18H27N5O3S/c1-18(2)13-22(4-5-23(18)27(3,24)25)17-11-14(21-6-8-26-9-7-21)10-16-15(17)12-19-20-16/h10-12H,4-9,13H2,1-3H3,(H,19,20). The van der Waals surface area contributed by atoms with Crippen LogP contribution in [0.1, 0.15) is 13.8 Å². The first kappa shape index (κ1) is 18.5. The largest absolute Gasteiger partial charge is 0.378 e. The van der Waals surface area contributed by atoms with Gasteiger partial charge in [0.1, 0.15) is 0 Å². The van der Waals surface area contributed by atoms with Gasteiger partial charge in [0.25, 0.3) is 0 Å². The number of nitrogens with one attached hydrogen (secondary N) is 1. The number of aromatic nitrogens is 2. The van der Waals surface area contributed by atoms with E-state index in [2.05, 4.69) is 32.1 Å². The summed E-state index contributed by atoms with van der Waals surface area (Å²) in [7, 11) is -3.23. The summed E-state index contributed by atoms with van der Waals surface area (Å²) in [6.07, 6.45) is 3.14. The molecule has 0 radical (unpaired) electrons. The van der Waals surface area contributed by atoms with Crippen molar-refractivity contribution in [2.45, 2.75) is 19.4 Å². The molecule has 148 valence electrons.